The zero-order valence-electron chi connectivity index (χ0n) is 13.0. The van der Waals surface area contributed by atoms with Gasteiger partial charge < -0.3 is 11.1 Å². The van der Waals surface area contributed by atoms with Gasteiger partial charge in [0.25, 0.3) is 0 Å². The molecule has 116 valence electrons. The van der Waals surface area contributed by atoms with E-state index in [1.165, 1.54) is 21.9 Å². The van der Waals surface area contributed by atoms with Crippen molar-refractivity contribution >= 4 is 22.4 Å². The highest BCUT2D eigenvalue weighted by Crippen LogP contribution is 2.35. The highest BCUT2D eigenvalue weighted by Gasteiger charge is 2.16. The quantitative estimate of drug-likeness (QED) is 0.764. The molecule has 3 N–H and O–H groups in total. The highest BCUT2D eigenvalue weighted by molar-refractivity contribution is 6.05. The number of hydrogen-bond acceptors (Lipinski definition) is 2. The summed E-state index contributed by atoms with van der Waals surface area (Å²) in [7, 11) is 0. The first kappa shape index (κ1) is 15.0. The van der Waals surface area contributed by atoms with Crippen LogP contribution >= 0.6 is 0 Å². The number of nitrogens with two attached hydrogens (primary N) is 1. The van der Waals surface area contributed by atoms with E-state index < -0.39 is 0 Å². The summed E-state index contributed by atoms with van der Waals surface area (Å²) in [6, 6.07) is 10.6. The van der Waals surface area contributed by atoms with E-state index in [0.717, 1.165) is 50.8 Å². The predicted octanol–water partition coefficient (Wildman–Crippen LogP) is 3.79. The molecule has 22 heavy (non-hydrogen) atoms. The van der Waals surface area contributed by atoms with Gasteiger partial charge in [0.1, 0.15) is 0 Å². The molecule has 0 unspecified atom stereocenters. The predicted molar refractivity (Wildman–Crippen MR) is 92.1 cm³/mol. The smallest absolute Gasteiger partial charge is 0.224 e. The molecule has 0 fully saturated rings. The lowest BCUT2D eigenvalue weighted by molar-refractivity contribution is -0.116. The molecule has 2 aromatic carbocycles. The topological polar surface area (TPSA) is 55.1 Å². The minimum Gasteiger partial charge on any atom is -0.330 e. The lowest BCUT2D eigenvalue weighted by Crippen LogP contribution is -2.11. The maximum absolute atomic E-state index is 12.1. The van der Waals surface area contributed by atoms with Crippen LogP contribution in [0.2, 0.25) is 0 Å². The van der Waals surface area contributed by atoms with Crippen LogP contribution in [0.1, 0.15) is 43.2 Å². The summed E-state index contributed by atoms with van der Waals surface area (Å²) >= 11 is 0. The summed E-state index contributed by atoms with van der Waals surface area (Å²) in [5.41, 5.74) is 9.24. The highest BCUT2D eigenvalue weighted by atomic mass is 16.1. The van der Waals surface area contributed by atoms with Gasteiger partial charge in [0, 0.05) is 17.5 Å². The Kier molecular flexibility index (Phi) is 4.74. The van der Waals surface area contributed by atoms with Gasteiger partial charge in [0.2, 0.25) is 5.91 Å². The lowest BCUT2D eigenvalue weighted by Gasteiger charge is -2.10. The number of amides is 1. The number of carbonyl (C=O) groups excluding carboxylic acids is 1. The Balaban J connectivity index is 1.66. The number of rotatable bonds is 7. The summed E-state index contributed by atoms with van der Waals surface area (Å²) < 4.78 is 0. The zero-order valence-corrected chi connectivity index (χ0v) is 13.0. The molecule has 2 aromatic rings. The van der Waals surface area contributed by atoms with Crippen LogP contribution in [0, 0.1) is 0 Å². The molecule has 1 aliphatic carbocycles. The fourth-order valence-corrected chi connectivity index (χ4v) is 3.35. The van der Waals surface area contributed by atoms with Crippen molar-refractivity contribution in [1.82, 2.24) is 0 Å². The van der Waals surface area contributed by atoms with Crippen molar-refractivity contribution in [3.05, 3.63) is 41.5 Å². The van der Waals surface area contributed by atoms with Gasteiger partial charge in [-0.1, -0.05) is 37.1 Å². The van der Waals surface area contributed by atoms with E-state index in [0.29, 0.717) is 6.42 Å². The average molecular weight is 296 g/mol. The molecule has 0 saturated carbocycles. The van der Waals surface area contributed by atoms with E-state index in [9.17, 15) is 4.79 Å². The first-order chi connectivity index (χ1) is 10.8. The molecule has 0 aliphatic heterocycles. The van der Waals surface area contributed by atoms with Crippen molar-refractivity contribution in [2.75, 3.05) is 11.9 Å². The standard InChI is InChI=1S/C19H24N2O/c20-13-4-2-1-3-8-18(22)21-17-12-11-15-10-9-14-6-5-7-16(17)19(14)15/h5-7,11-12H,1-4,8-10,13,20H2,(H,21,22). The molecule has 0 radical (unpaired) electrons. The summed E-state index contributed by atoms with van der Waals surface area (Å²) in [4.78, 5) is 12.1. The van der Waals surface area contributed by atoms with E-state index in [2.05, 4.69) is 35.6 Å². The van der Waals surface area contributed by atoms with Gasteiger partial charge in [0.15, 0.2) is 0 Å². The average Bonchev–Trinajstić information content (AvgIpc) is 2.95. The maximum Gasteiger partial charge on any atom is 0.224 e. The van der Waals surface area contributed by atoms with Crippen LogP contribution in [0.25, 0.3) is 10.8 Å². The zero-order chi connectivity index (χ0) is 15.4. The Bertz CT molecular complexity index is 668. The van der Waals surface area contributed by atoms with Gasteiger partial charge >= 0.3 is 0 Å². The van der Waals surface area contributed by atoms with Crippen LogP contribution in [-0.4, -0.2) is 12.5 Å². The fourth-order valence-electron chi connectivity index (χ4n) is 3.35. The van der Waals surface area contributed by atoms with Crippen molar-refractivity contribution in [2.24, 2.45) is 5.73 Å². The summed E-state index contributed by atoms with van der Waals surface area (Å²) in [5.74, 6) is 0.117. The van der Waals surface area contributed by atoms with Crippen molar-refractivity contribution in [2.45, 2.75) is 44.9 Å². The molecule has 1 aliphatic rings. The Labute approximate surface area is 131 Å². The minimum atomic E-state index is 0.117. The van der Waals surface area contributed by atoms with E-state index in [1.807, 2.05) is 0 Å². The van der Waals surface area contributed by atoms with Crippen LogP contribution in [0.15, 0.2) is 30.3 Å². The third kappa shape index (κ3) is 3.14. The van der Waals surface area contributed by atoms with Gasteiger partial charge in [-0.15, -0.1) is 0 Å². The van der Waals surface area contributed by atoms with Crippen LogP contribution < -0.4 is 11.1 Å². The molecule has 3 rings (SSSR count). The second kappa shape index (κ2) is 6.93. The van der Waals surface area contributed by atoms with Gasteiger partial charge in [-0.25, -0.2) is 0 Å². The Morgan fingerprint density at radius 1 is 1.00 bits per heavy atom. The Morgan fingerprint density at radius 3 is 2.59 bits per heavy atom. The first-order valence-electron chi connectivity index (χ1n) is 8.33. The van der Waals surface area contributed by atoms with E-state index in [1.54, 1.807) is 0 Å². The first-order valence-corrected chi connectivity index (χ1v) is 8.33. The van der Waals surface area contributed by atoms with E-state index in [-0.39, 0.29) is 5.91 Å². The molecule has 3 heteroatoms. The molecule has 1 amide bonds. The molecule has 0 saturated heterocycles. The molecule has 0 bridgehead atoms. The monoisotopic (exact) mass is 296 g/mol. The second-order valence-electron chi connectivity index (χ2n) is 6.11. The third-order valence-corrected chi connectivity index (χ3v) is 4.51. The summed E-state index contributed by atoms with van der Waals surface area (Å²) in [5, 5.41) is 5.63. The molecular formula is C19H24N2O. The van der Waals surface area contributed by atoms with E-state index >= 15 is 0 Å². The molecular weight excluding hydrogens is 272 g/mol. The molecule has 0 atom stereocenters. The van der Waals surface area contributed by atoms with Crippen LogP contribution in [0.5, 0.6) is 0 Å². The second-order valence-corrected chi connectivity index (χ2v) is 6.11. The van der Waals surface area contributed by atoms with Crippen molar-refractivity contribution in [3.8, 4) is 0 Å². The number of nitrogens with one attached hydrogen (secondary N) is 1. The molecule has 3 nitrogen and oxygen atoms in total. The van der Waals surface area contributed by atoms with Crippen LogP contribution in [-0.2, 0) is 17.6 Å². The minimum absolute atomic E-state index is 0.117. The molecule has 0 heterocycles. The number of carbonyl (C=O) groups is 1. The number of hydrogen-bond donors (Lipinski definition) is 2. The molecule has 0 spiro atoms. The summed E-state index contributed by atoms with van der Waals surface area (Å²) in [6.45, 7) is 0.743. The number of benzene rings is 2. The van der Waals surface area contributed by atoms with Crippen molar-refractivity contribution < 1.29 is 4.79 Å². The lowest BCUT2D eigenvalue weighted by atomic mass is 10.0. The van der Waals surface area contributed by atoms with Crippen molar-refractivity contribution in [3.63, 3.8) is 0 Å². The van der Waals surface area contributed by atoms with Crippen molar-refractivity contribution in [1.29, 1.82) is 0 Å². The van der Waals surface area contributed by atoms with Gasteiger partial charge in [-0.2, -0.15) is 0 Å². The van der Waals surface area contributed by atoms with Crippen LogP contribution in [0.3, 0.4) is 0 Å². The largest absolute Gasteiger partial charge is 0.330 e. The van der Waals surface area contributed by atoms with Gasteiger partial charge in [-0.3, -0.25) is 4.79 Å². The third-order valence-electron chi connectivity index (χ3n) is 4.51. The van der Waals surface area contributed by atoms with Crippen LogP contribution in [0.4, 0.5) is 5.69 Å². The normalized spacial score (nSPS) is 12.8. The van der Waals surface area contributed by atoms with Gasteiger partial charge in [0.05, 0.1) is 0 Å². The maximum atomic E-state index is 12.1. The SMILES string of the molecule is NCCCCCCC(=O)Nc1ccc2c3c(cccc13)CC2. The number of unbranched alkanes of at least 4 members (excludes halogenated alkanes) is 3. The number of anilines is 1. The Morgan fingerprint density at radius 2 is 1.77 bits per heavy atom. The van der Waals surface area contributed by atoms with E-state index in [4.69, 9.17) is 5.73 Å². The molecule has 0 aromatic heterocycles. The Hall–Kier alpha value is -1.87. The fraction of sp³-hybridized carbons (Fsp3) is 0.421. The summed E-state index contributed by atoms with van der Waals surface area (Å²) in [6.07, 6.45) is 7.01. The van der Waals surface area contributed by atoms with Gasteiger partial charge in [-0.05, 0) is 54.8 Å². The number of aryl methyl sites for hydroxylation is 2.